The molecule has 1 amide bonds. The highest BCUT2D eigenvalue weighted by Crippen LogP contribution is 2.16. The third kappa shape index (κ3) is 3.53. The summed E-state index contributed by atoms with van der Waals surface area (Å²) in [6, 6.07) is 8.32. The maximum absolute atomic E-state index is 12.7. The highest BCUT2D eigenvalue weighted by molar-refractivity contribution is 6.30. The number of rotatable bonds is 2. The molecule has 0 N–H and O–H groups in total. The van der Waals surface area contributed by atoms with E-state index in [1.54, 1.807) is 36.2 Å². The predicted octanol–water partition coefficient (Wildman–Crippen LogP) is 1.09. The monoisotopic (exact) mass is 376 g/mol. The van der Waals surface area contributed by atoms with E-state index in [0.29, 0.717) is 42.6 Å². The number of benzene rings is 1. The van der Waals surface area contributed by atoms with E-state index in [-0.39, 0.29) is 17.2 Å². The summed E-state index contributed by atoms with van der Waals surface area (Å²) >= 11 is 5.88. The van der Waals surface area contributed by atoms with Crippen LogP contribution in [0.15, 0.2) is 39.9 Å². The normalized spacial score (nSPS) is 15.0. The van der Waals surface area contributed by atoms with E-state index >= 15 is 0 Å². The topological polar surface area (TPSA) is 67.5 Å². The van der Waals surface area contributed by atoms with Gasteiger partial charge in [0.15, 0.2) is 0 Å². The molecule has 0 aliphatic carbocycles. The average Bonchev–Trinajstić information content (AvgIpc) is 2.89. The van der Waals surface area contributed by atoms with Gasteiger partial charge in [0.25, 0.3) is 11.5 Å². The molecule has 1 aromatic carbocycles. The van der Waals surface area contributed by atoms with Crippen molar-refractivity contribution in [2.75, 3.05) is 31.1 Å². The Morgan fingerprint density at radius 2 is 1.65 bits per heavy atom. The first kappa shape index (κ1) is 18.3. The van der Waals surface area contributed by atoms with Crippen LogP contribution in [0.3, 0.4) is 0 Å². The van der Waals surface area contributed by atoms with E-state index in [9.17, 15) is 14.4 Å². The Kier molecular flexibility index (Phi) is 5.18. The van der Waals surface area contributed by atoms with Gasteiger partial charge in [-0.05, 0) is 30.7 Å². The zero-order valence-electron chi connectivity index (χ0n) is 14.8. The molecule has 138 valence electrons. The number of hydrogen-bond donors (Lipinski definition) is 0. The first-order chi connectivity index (χ1) is 12.4. The second kappa shape index (κ2) is 7.37. The van der Waals surface area contributed by atoms with Crippen LogP contribution in [0.1, 0.15) is 16.8 Å². The average molecular weight is 377 g/mol. The van der Waals surface area contributed by atoms with Gasteiger partial charge in [-0.25, -0.2) is 4.79 Å². The van der Waals surface area contributed by atoms with Crippen molar-refractivity contribution in [2.45, 2.75) is 6.42 Å². The van der Waals surface area contributed by atoms with Crippen LogP contribution in [0, 0.1) is 0 Å². The quantitative estimate of drug-likeness (QED) is 0.787. The summed E-state index contributed by atoms with van der Waals surface area (Å²) in [4.78, 5) is 40.6. The van der Waals surface area contributed by atoms with Crippen LogP contribution in [0.2, 0.25) is 5.02 Å². The maximum Gasteiger partial charge on any atom is 0.332 e. The van der Waals surface area contributed by atoms with E-state index < -0.39 is 0 Å². The van der Waals surface area contributed by atoms with Crippen LogP contribution in [0.25, 0.3) is 0 Å². The van der Waals surface area contributed by atoms with Gasteiger partial charge in [0.2, 0.25) is 0 Å². The van der Waals surface area contributed by atoms with Crippen LogP contribution in [-0.4, -0.2) is 46.1 Å². The zero-order chi connectivity index (χ0) is 18.8. The van der Waals surface area contributed by atoms with Gasteiger partial charge in [0.1, 0.15) is 5.82 Å². The summed E-state index contributed by atoms with van der Waals surface area (Å²) in [6.07, 6.45) is 0.753. The number of carbonyl (C=O) groups is 1. The van der Waals surface area contributed by atoms with Crippen molar-refractivity contribution < 1.29 is 4.79 Å². The molecule has 8 heteroatoms. The lowest BCUT2D eigenvalue weighted by atomic mass is 10.2. The van der Waals surface area contributed by atoms with E-state index in [1.165, 1.54) is 17.7 Å². The Labute approximate surface area is 156 Å². The molecule has 2 aromatic rings. The van der Waals surface area contributed by atoms with E-state index in [4.69, 9.17) is 11.6 Å². The van der Waals surface area contributed by atoms with Gasteiger partial charge < -0.3 is 9.80 Å². The molecule has 1 aromatic heterocycles. The van der Waals surface area contributed by atoms with Crippen LogP contribution in [0.4, 0.5) is 5.82 Å². The fraction of sp³-hybridized carbons (Fsp3) is 0.389. The summed E-state index contributed by atoms with van der Waals surface area (Å²) in [5.74, 6) is 0.542. The van der Waals surface area contributed by atoms with Crippen molar-refractivity contribution in [3.05, 3.63) is 61.8 Å². The van der Waals surface area contributed by atoms with Crippen molar-refractivity contribution >= 4 is 23.3 Å². The van der Waals surface area contributed by atoms with Gasteiger partial charge in [0, 0.05) is 56.9 Å². The fourth-order valence-corrected chi connectivity index (χ4v) is 3.28. The number of amides is 1. The largest absolute Gasteiger partial charge is 0.356 e. The minimum absolute atomic E-state index is 0.0404. The Hall–Kier alpha value is -2.54. The summed E-state index contributed by atoms with van der Waals surface area (Å²) in [7, 11) is 3.11. The fourth-order valence-electron chi connectivity index (χ4n) is 3.15. The second-order valence-corrected chi connectivity index (χ2v) is 6.82. The van der Waals surface area contributed by atoms with E-state index in [2.05, 4.69) is 0 Å². The second-order valence-electron chi connectivity index (χ2n) is 6.38. The van der Waals surface area contributed by atoms with Crippen molar-refractivity contribution in [3.63, 3.8) is 0 Å². The van der Waals surface area contributed by atoms with Crippen molar-refractivity contribution in [1.29, 1.82) is 0 Å². The summed E-state index contributed by atoms with van der Waals surface area (Å²) in [5, 5.41) is 0.593. The molecular weight excluding hydrogens is 356 g/mol. The van der Waals surface area contributed by atoms with Crippen LogP contribution in [-0.2, 0) is 14.1 Å². The Morgan fingerprint density at radius 3 is 2.35 bits per heavy atom. The molecule has 0 radical (unpaired) electrons. The molecule has 1 aliphatic rings. The molecule has 0 unspecified atom stereocenters. The van der Waals surface area contributed by atoms with Gasteiger partial charge in [0.05, 0.1) is 0 Å². The molecule has 7 nitrogen and oxygen atoms in total. The number of aromatic nitrogens is 2. The molecule has 0 bridgehead atoms. The van der Waals surface area contributed by atoms with E-state index in [1.807, 2.05) is 4.90 Å². The van der Waals surface area contributed by atoms with Crippen molar-refractivity contribution in [1.82, 2.24) is 14.0 Å². The molecule has 1 fully saturated rings. The lowest BCUT2D eigenvalue weighted by Crippen LogP contribution is -2.41. The highest BCUT2D eigenvalue weighted by Gasteiger charge is 2.22. The van der Waals surface area contributed by atoms with Crippen LogP contribution >= 0.6 is 11.6 Å². The lowest BCUT2D eigenvalue weighted by Gasteiger charge is -2.25. The summed E-state index contributed by atoms with van der Waals surface area (Å²) in [5.41, 5.74) is -0.0869. The molecule has 26 heavy (non-hydrogen) atoms. The van der Waals surface area contributed by atoms with Gasteiger partial charge in [-0.2, -0.15) is 0 Å². The van der Waals surface area contributed by atoms with Gasteiger partial charge in [-0.15, -0.1) is 0 Å². The minimum atomic E-state index is -0.356. The number of carbonyl (C=O) groups excluding carboxylic acids is 1. The van der Waals surface area contributed by atoms with Crippen molar-refractivity contribution in [3.8, 4) is 0 Å². The number of nitrogens with zero attached hydrogens (tertiary/aromatic N) is 4. The number of anilines is 1. The number of hydrogen-bond acceptors (Lipinski definition) is 4. The first-order valence-electron chi connectivity index (χ1n) is 8.45. The van der Waals surface area contributed by atoms with Crippen LogP contribution in [0.5, 0.6) is 0 Å². The standard InChI is InChI=1S/C18H21ClN4O3/c1-20-15(12-16(24)21(2)18(20)26)22-8-3-9-23(11-10-22)17(25)13-4-6-14(19)7-5-13/h4-7,12H,3,8-11H2,1-2H3. The molecule has 0 saturated carbocycles. The smallest absolute Gasteiger partial charge is 0.332 e. The van der Waals surface area contributed by atoms with Gasteiger partial charge in [-0.1, -0.05) is 11.6 Å². The third-order valence-corrected chi connectivity index (χ3v) is 4.95. The molecule has 2 heterocycles. The number of halogens is 1. The summed E-state index contributed by atoms with van der Waals surface area (Å²) in [6.45, 7) is 2.37. The third-order valence-electron chi connectivity index (χ3n) is 4.70. The molecule has 0 spiro atoms. The maximum atomic E-state index is 12.7. The Balaban J connectivity index is 1.79. The van der Waals surface area contributed by atoms with Gasteiger partial charge >= 0.3 is 5.69 Å². The molecule has 3 rings (SSSR count). The summed E-state index contributed by atoms with van der Waals surface area (Å²) < 4.78 is 2.55. The van der Waals surface area contributed by atoms with Crippen LogP contribution < -0.4 is 16.1 Å². The van der Waals surface area contributed by atoms with Crippen molar-refractivity contribution in [2.24, 2.45) is 14.1 Å². The molecule has 1 aliphatic heterocycles. The highest BCUT2D eigenvalue weighted by atomic mass is 35.5. The lowest BCUT2D eigenvalue weighted by molar-refractivity contribution is 0.0767. The predicted molar refractivity (Wildman–Crippen MR) is 101 cm³/mol. The van der Waals surface area contributed by atoms with Gasteiger partial charge in [-0.3, -0.25) is 18.7 Å². The SMILES string of the molecule is Cn1c(N2CCCN(C(=O)c3ccc(Cl)cc3)CC2)cc(=O)n(C)c1=O. The Bertz CT molecular complexity index is 933. The zero-order valence-corrected chi connectivity index (χ0v) is 15.6. The molecular formula is C18H21ClN4O3. The molecule has 1 saturated heterocycles. The first-order valence-corrected chi connectivity index (χ1v) is 8.83. The molecule has 0 atom stereocenters. The van der Waals surface area contributed by atoms with E-state index in [0.717, 1.165) is 11.0 Å². The Morgan fingerprint density at radius 1 is 0.962 bits per heavy atom. The minimum Gasteiger partial charge on any atom is -0.356 e.